The van der Waals surface area contributed by atoms with Gasteiger partial charge in [-0.15, -0.1) is 6.58 Å². The van der Waals surface area contributed by atoms with Crippen molar-refractivity contribution in [1.29, 1.82) is 0 Å². The molecule has 0 aromatic heterocycles. The van der Waals surface area contributed by atoms with Crippen LogP contribution in [0.25, 0.3) is 0 Å². The molecule has 66 valence electrons. The molecule has 1 unspecified atom stereocenters. The molecule has 0 saturated carbocycles. The van der Waals surface area contributed by atoms with Crippen molar-refractivity contribution in [2.24, 2.45) is 11.8 Å². The Morgan fingerprint density at radius 1 is 1.45 bits per heavy atom. The minimum absolute atomic E-state index is 0.0204. The van der Waals surface area contributed by atoms with E-state index in [1.807, 2.05) is 13.8 Å². The van der Waals surface area contributed by atoms with Crippen LogP contribution in [0.4, 0.5) is 0 Å². The maximum atomic E-state index is 9.45. The van der Waals surface area contributed by atoms with E-state index in [0.717, 1.165) is 0 Å². The van der Waals surface area contributed by atoms with Crippen LogP contribution in [0.2, 0.25) is 0 Å². The molecule has 0 fully saturated rings. The smallest absolute Gasteiger partial charge is 0.0627 e. The average Bonchev–Trinajstić information content (AvgIpc) is 1.88. The number of aliphatic hydroxyl groups is 2. The van der Waals surface area contributed by atoms with Gasteiger partial charge in [0.1, 0.15) is 0 Å². The number of aliphatic hydroxyl groups excluding tert-OH is 2. The second-order valence-electron chi connectivity index (χ2n) is 3.18. The molecule has 0 aliphatic carbocycles. The van der Waals surface area contributed by atoms with Gasteiger partial charge < -0.3 is 10.2 Å². The summed E-state index contributed by atoms with van der Waals surface area (Å²) in [5.74, 6) is 0.294. The second-order valence-corrected chi connectivity index (χ2v) is 3.18. The minimum Gasteiger partial charge on any atom is -0.396 e. The first-order valence-electron chi connectivity index (χ1n) is 4.03. The van der Waals surface area contributed by atoms with E-state index >= 15 is 0 Å². The molecule has 0 aromatic carbocycles. The van der Waals surface area contributed by atoms with Gasteiger partial charge in [0.25, 0.3) is 0 Å². The predicted octanol–water partition coefficient (Wildman–Crippen LogP) is 1.19. The molecule has 2 atom stereocenters. The van der Waals surface area contributed by atoms with Gasteiger partial charge in [-0.05, 0) is 12.3 Å². The third-order valence-corrected chi connectivity index (χ3v) is 1.97. The highest BCUT2D eigenvalue weighted by Gasteiger charge is 2.20. The molecule has 2 N–H and O–H groups in total. The van der Waals surface area contributed by atoms with Crippen LogP contribution in [-0.4, -0.2) is 22.9 Å². The monoisotopic (exact) mass is 158 g/mol. The minimum atomic E-state index is -0.447. The van der Waals surface area contributed by atoms with Crippen molar-refractivity contribution in [3.8, 4) is 0 Å². The summed E-state index contributed by atoms with van der Waals surface area (Å²) in [6.07, 6.45) is 1.79. The van der Waals surface area contributed by atoms with Gasteiger partial charge in [0, 0.05) is 12.5 Å². The molecule has 0 aliphatic heterocycles. The summed E-state index contributed by atoms with van der Waals surface area (Å²) >= 11 is 0. The van der Waals surface area contributed by atoms with E-state index in [2.05, 4.69) is 6.58 Å². The largest absolute Gasteiger partial charge is 0.396 e. The highest BCUT2D eigenvalue weighted by atomic mass is 16.3. The van der Waals surface area contributed by atoms with Gasteiger partial charge in [-0.25, -0.2) is 0 Å². The third kappa shape index (κ3) is 3.54. The highest BCUT2D eigenvalue weighted by molar-refractivity contribution is 4.78. The molecule has 2 nitrogen and oxygen atoms in total. The second kappa shape index (κ2) is 5.33. The zero-order valence-electron chi connectivity index (χ0n) is 7.33. The molecule has 0 bridgehead atoms. The maximum absolute atomic E-state index is 9.45. The Labute approximate surface area is 68.6 Å². The van der Waals surface area contributed by atoms with Gasteiger partial charge in [0.15, 0.2) is 0 Å². The molecule has 0 spiro atoms. The highest BCUT2D eigenvalue weighted by Crippen LogP contribution is 2.16. The number of hydrogen-bond donors (Lipinski definition) is 2. The van der Waals surface area contributed by atoms with Crippen molar-refractivity contribution >= 4 is 0 Å². The molecule has 0 aliphatic rings. The van der Waals surface area contributed by atoms with Crippen molar-refractivity contribution < 1.29 is 10.2 Å². The van der Waals surface area contributed by atoms with Crippen LogP contribution in [0.15, 0.2) is 12.7 Å². The van der Waals surface area contributed by atoms with Gasteiger partial charge >= 0.3 is 0 Å². The van der Waals surface area contributed by atoms with Crippen molar-refractivity contribution in [2.45, 2.75) is 26.4 Å². The van der Waals surface area contributed by atoms with Gasteiger partial charge in [0.05, 0.1) is 6.10 Å². The molecule has 0 aromatic rings. The molecule has 0 amide bonds. The lowest BCUT2D eigenvalue weighted by Crippen LogP contribution is -2.27. The van der Waals surface area contributed by atoms with E-state index in [0.29, 0.717) is 12.3 Å². The standard InChI is InChI=1S/C9H18O2/c1-4-5-9(11)8(6-10)7(2)3/h4,7-11H,1,5-6H2,2-3H3/t8?,9-/m0/s1. The molecule has 11 heavy (non-hydrogen) atoms. The van der Waals surface area contributed by atoms with E-state index in [1.54, 1.807) is 6.08 Å². The summed E-state index contributed by atoms with van der Waals surface area (Å²) in [4.78, 5) is 0. The van der Waals surface area contributed by atoms with Crippen molar-refractivity contribution in [1.82, 2.24) is 0 Å². The van der Waals surface area contributed by atoms with Crippen LogP contribution in [-0.2, 0) is 0 Å². The van der Waals surface area contributed by atoms with Gasteiger partial charge in [-0.3, -0.25) is 0 Å². The molecule has 0 heterocycles. The van der Waals surface area contributed by atoms with E-state index in [-0.39, 0.29) is 12.5 Å². The van der Waals surface area contributed by atoms with Crippen LogP contribution < -0.4 is 0 Å². The maximum Gasteiger partial charge on any atom is 0.0627 e. The van der Waals surface area contributed by atoms with Gasteiger partial charge in [-0.2, -0.15) is 0 Å². The van der Waals surface area contributed by atoms with Crippen LogP contribution in [0.5, 0.6) is 0 Å². The topological polar surface area (TPSA) is 40.5 Å². The fourth-order valence-electron chi connectivity index (χ4n) is 1.12. The first-order valence-corrected chi connectivity index (χ1v) is 4.03. The summed E-state index contributed by atoms with van der Waals surface area (Å²) in [5, 5.41) is 18.3. The Kier molecular flexibility index (Phi) is 5.16. The molecular weight excluding hydrogens is 140 g/mol. The Morgan fingerprint density at radius 2 is 2.00 bits per heavy atom. The quantitative estimate of drug-likeness (QED) is 0.590. The average molecular weight is 158 g/mol. The van der Waals surface area contributed by atoms with E-state index in [4.69, 9.17) is 5.11 Å². The van der Waals surface area contributed by atoms with Gasteiger partial charge in [0.2, 0.25) is 0 Å². The Balaban J connectivity index is 3.90. The number of rotatable bonds is 5. The summed E-state index contributed by atoms with van der Waals surface area (Å²) in [6, 6.07) is 0. The fraction of sp³-hybridized carbons (Fsp3) is 0.778. The first kappa shape index (κ1) is 10.7. The normalized spacial score (nSPS) is 16.5. The lowest BCUT2D eigenvalue weighted by Gasteiger charge is -2.23. The summed E-state index contributed by atoms with van der Waals surface area (Å²) in [7, 11) is 0. The summed E-state index contributed by atoms with van der Waals surface area (Å²) < 4.78 is 0. The SMILES string of the molecule is C=CC[C@H](O)C(CO)C(C)C. The number of hydrogen-bond acceptors (Lipinski definition) is 2. The van der Waals surface area contributed by atoms with Crippen LogP contribution in [0.3, 0.4) is 0 Å². The molecule has 0 radical (unpaired) electrons. The lowest BCUT2D eigenvalue weighted by molar-refractivity contribution is 0.0438. The lowest BCUT2D eigenvalue weighted by atomic mass is 9.89. The molecule has 0 rings (SSSR count). The van der Waals surface area contributed by atoms with E-state index in [9.17, 15) is 5.11 Å². The zero-order valence-corrected chi connectivity index (χ0v) is 7.33. The van der Waals surface area contributed by atoms with E-state index < -0.39 is 6.10 Å². The van der Waals surface area contributed by atoms with Crippen molar-refractivity contribution in [3.05, 3.63) is 12.7 Å². The molecular formula is C9H18O2. The fourth-order valence-corrected chi connectivity index (χ4v) is 1.12. The van der Waals surface area contributed by atoms with Crippen LogP contribution >= 0.6 is 0 Å². The van der Waals surface area contributed by atoms with Gasteiger partial charge in [-0.1, -0.05) is 19.9 Å². The predicted molar refractivity (Wildman–Crippen MR) is 46.2 cm³/mol. The van der Waals surface area contributed by atoms with Crippen molar-refractivity contribution in [3.63, 3.8) is 0 Å². The first-order chi connectivity index (χ1) is 5.13. The third-order valence-electron chi connectivity index (χ3n) is 1.97. The Bertz CT molecular complexity index is 110. The van der Waals surface area contributed by atoms with Crippen LogP contribution in [0.1, 0.15) is 20.3 Å². The zero-order chi connectivity index (χ0) is 8.85. The Morgan fingerprint density at radius 3 is 2.27 bits per heavy atom. The van der Waals surface area contributed by atoms with E-state index in [1.165, 1.54) is 0 Å². The molecule has 0 saturated heterocycles. The van der Waals surface area contributed by atoms with Crippen LogP contribution in [0, 0.1) is 11.8 Å². The summed E-state index contributed by atoms with van der Waals surface area (Å²) in [5.41, 5.74) is 0. The molecule has 2 heteroatoms. The van der Waals surface area contributed by atoms with Crippen molar-refractivity contribution in [2.75, 3.05) is 6.61 Å². The summed E-state index contributed by atoms with van der Waals surface area (Å²) in [6.45, 7) is 7.57. The Hall–Kier alpha value is -0.340.